The summed E-state index contributed by atoms with van der Waals surface area (Å²) in [4.78, 5) is 35.9. The molecule has 2 amide bonds. The van der Waals surface area contributed by atoms with E-state index < -0.39 is 29.6 Å². The van der Waals surface area contributed by atoms with Gasteiger partial charge in [0.15, 0.2) is 0 Å². The summed E-state index contributed by atoms with van der Waals surface area (Å²) in [6.45, 7) is 3.30. The Hall–Kier alpha value is -3.39. The molecule has 0 aliphatic heterocycles. The zero-order valence-corrected chi connectivity index (χ0v) is 18.8. The van der Waals surface area contributed by atoms with Crippen molar-refractivity contribution >= 4 is 18.0 Å². The van der Waals surface area contributed by atoms with Crippen LogP contribution in [0.15, 0.2) is 48.5 Å². The highest BCUT2D eigenvalue weighted by Crippen LogP contribution is 2.44. The third-order valence-corrected chi connectivity index (χ3v) is 6.24. The predicted octanol–water partition coefficient (Wildman–Crippen LogP) is 3.04. The minimum Gasteiger partial charge on any atom is -0.480 e. The number of carboxylic acids is 1. The van der Waals surface area contributed by atoms with Crippen molar-refractivity contribution in [3.8, 4) is 11.1 Å². The maximum atomic E-state index is 12.2. The first-order chi connectivity index (χ1) is 15.8. The second-order valence-corrected chi connectivity index (χ2v) is 8.21. The standard InChI is InChI=1S/C25H30N2O6/c1-3-25(4-2,23(30)31)27-22(29)13-16(28)14-26-24(32)33-15-21-19-11-7-5-9-17(19)18-10-6-8-12-20(18)21/h5-12,16,21,28H,3-4,13-15H2,1-2H3,(H,26,32)(H,27,29)(H,30,31). The molecule has 3 rings (SSSR count). The molecule has 1 atom stereocenters. The van der Waals surface area contributed by atoms with Gasteiger partial charge in [0.25, 0.3) is 0 Å². The SMILES string of the molecule is CCC(CC)(NC(=O)CC(O)CNC(=O)OCC1c2ccccc2-c2ccccc21)C(=O)O. The molecule has 4 N–H and O–H groups in total. The molecule has 0 bridgehead atoms. The lowest BCUT2D eigenvalue weighted by Gasteiger charge is -2.28. The largest absolute Gasteiger partial charge is 0.480 e. The normalized spacial score (nSPS) is 13.5. The molecule has 0 saturated heterocycles. The fraction of sp³-hybridized carbons (Fsp3) is 0.400. The number of hydrogen-bond acceptors (Lipinski definition) is 5. The first-order valence-corrected chi connectivity index (χ1v) is 11.1. The van der Waals surface area contributed by atoms with E-state index in [-0.39, 0.29) is 38.3 Å². The summed E-state index contributed by atoms with van der Waals surface area (Å²) in [5.74, 6) is -1.79. The van der Waals surface area contributed by atoms with Crippen LogP contribution in [0, 0.1) is 0 Å². The molecular weight excluding hydrogens is 424 g/mol. The number of carbonyl (C=O) groups is 3. The van der Waals surface area contributed by atoms with Crippen LogP contribution in [0.2, 0.25) is 0 Å². The zero-order chi connectivity index (χ0) is 24.0. The second-order valence-electron chi connectivity index (χ2n) is 8.21. The van der Waals surface area contributed by atoms with Gasteiger partial charge in [0.2, 0.25) is 5.91 Å². The van der Waals surface area contributed by atoms with Crippen LogP contribution in [0.3, 0.4) is 0 Å². The van der Waals surface area contributed by atoms with Gasteiger partial charge in [-0.1, -0.05) is 62.4 Å². The van der Waals surface area contributed by atoms with Crippen LogP contribution >= 0.6 is 0 Å². The predicted molar refractivity (Wildman–Crippen MR) is 123 cm³/mol. The van der Waals surface area contributed by atoms with E-state index in [2.05, 4.69) is 10.6 Å². The van der Waals surface area contributed by atoms with Crippen LogP contribution in [-0.2, 0) is 14.3 Å². The molecule has 8 nitrogen and oxygen atoms in total. The molecule has 0 heterocycles. The number of nitrogens with one attached hydrogen (secondary N) is 2. The molecule has 1 aliphatic rings. The highest BCUT2D eigenvalue weighted by molar-refractivity contribution is 5.87. The molecular formula is C25H30N2O6. The van der Waals surface area contributed by atoms with Gasteiger partial charge < -0.3 is 25.6 Å². The van der Waals surface area contributed by atoms with Crippen molar-refractivity contribution in [2.24, 2.45) is 0 Å². The monoisotopic (exact) mass is 454 g/mol. The van der Waals surface area contributed by atoms with Crippen molar-refractivity contribution in [3.63, 3.8) is 0 Å². The van der Waals surface area contributed by atoms with Crippen molar-refractivity contribution in [3.05, 3.63) is 59.7 Å². The minimum absolute atomic E-state index is 0.0777. The summed E-state index contributed by atoms with van der Waals surface area (Å²) in [7, 11) is 0. The second kappa shape index (κ2) is 10.5. The van der Waals surface area contributed by atoms with Crippen molar-refractivity contribution in [2.45, 2.75) is 50.7 Å². The number of fused-ring (bicyclic) bond motifs is 3. The van der Waals surface area contributed by atoms with Gasteiger partial charge in [-0.2, -0.15) is 0 Å². The van der Waals surface area contributed by atoms with Gasteiger partial charge in [0.05, 0.1) is 12.5 Å². The van der Waals surface area contributed by atoms with Gasteiger partial charge in [0.1, 0.15) is 12.1 Å². The van der Waals surface area contributed by atoms with Crippen LogP contribution in [0.4, 0.5) is 4.79 Å². The first-order valence-electron chi connectivity index (χ1n) is 11.1. The molecule has 33 heavy (non-hydrogen) atoms. The van der Waals surface area contributed by atoms with Gasteiger partial charge >= 0.3 is 12.1 Å². The Labute approximate surface area is 193 Å². The number of amides is 2. The van der Waals surface area contributed by atoms with Crippen LogP contribution in [-0.4, -0.2) is 53.0 Å². The first kappa shape index (κ1) is 24.3. The van der Waals surface area contributed by atoms with Crippen LogP contribution in [0.5, 0.6) is 0 Å². The van der Waals surface area contributed by atoms with Crippen molar-refractivity contribution in [1.29, 1.82) is 0 Å². The summed E-state index contributed by atoms with van der Waals surface area (Å²) < 4.78 is 5.40. The van der Waals surface area contributed by atoms with Crippen molar-refractivity contribution in [2.75, 3.05) is 13.2 Å². The number of alkyl carbamates (subject to hydrolysis) is 1. The molecule has 0 spiro atoms. The number of aliphatic carboxylic acids is 1. The Bertz CT molecular complexity index is 972. The lowest BCUT2D eigenvalue weighted by atomic mass is 9.92. The molecule has 0 aromatic heterocycles. The third-order valence-electron chi connectivity index (χ3n) is 6.24. The molecule has 2 aromatic rings. The number of ether oxygens (including phenoxy) is 1. The molecule has 8 heteroatoms. The van der Waals surface area contributed by atoms with E-state index in [4.69, 9.17) is 4.74 Å². The summed E-state index contributed by atoms with van der Waals surface area (Å²) in [6.07, 6.45) is -1.76. The van der Waals surface area contributed by atoms with Crippen LogP contribution < -0.4 is 10.6 Å². The lowest BCUT2D eigenvalue weighted by Crippen LogP contribution is -2.54. The number of benzene rings is 2. The smallest absolute Gasteiger partial charge is 0.407 e. The Balaban J connectivity index is 1.49. The van der Waals surface area contributed by atoms with Gasteiger partial charge in [-0.05, 0) is 35.1 Å². The Morgan fingerprint density at radius 3 is 2.06 bits per heavy atom. The molecule has 2 aromatic carbocycles. The van der Waals surface area contributed by atoms with E-state index in [0.29, 0.717) is 0 Å². The van der Waals surface area contributed by atoms with Crippen LogP contribution in [0.1, 0.15) is 50.2 Å². The van der Waals surface area contributed by atoms with Crippen LogP contribution in [0.25, 0.3) is 11.1 Å². The third kappa shape index (κ3) is 5.34. The Kier molecular flexibility index (Phi) is 7.71. The lowest BCUT2D eigenvalue weighted by molar-refractivity contribution is -0.148. The quantitative estimate of drug-likeness (QED) is 0.437. The summed E-state index contributed by atoms with van der Waals surface area (Å²) in [5.41, 5.74) is 3.08. The number of aliphatic hydroxyl groups excluding tert-OH is 1. The minimum atomic E-state index is -1.36. The Morgan fingerprint density at radius 1 is 1.00 bits per heavy atom. The van der Waals surface area contributed by atoms with Crippen molar-refractivity contribution < 1.29 is 29.3 Å². The topological polar surface area (TPSA) is 125 Å². The zero-order valence-electron chi connectivity index (χ0n) is 18.8. The number of aliphatic hydroxyl groups is 1. The maximum Gasteiger partial charge on any atom is 0.407 e. The Morgan fingerprint density at radius 2 is 1.55 bits per heavy atom. The molecule has 0 saturated carbocycles. The number of rotatable bonds is 10. The summed E-state index contributed by atoms with van der Waals surface area (Å²) in [5, 5.41) is 24.5. The highest BCUT2D eigenvalue weighted by Gasteiger charge is 2.36. The van der Waals surface area contributed by atoms with E-state index >= 15 is 0 Å². The van der Waals surface area contributed by atoms with E-state index in [0.717, 1.165) is 22.3 Å². The molecule has 1 unspecified atom stereocenters. The maximum absolute atomic E-state index is 12.2. The molecule has 0 fully saturated rings. The molecule has 0 radical (unpaired) electrons. The fourth-order valence-corrected chi connectivity index (χ4v) is 4.24. The van der Waals surface area contributed by atoms with E-state index in [1.165, 1.54) is 0 Å². The highest BCUT2D eigenvalue weighted by atomic mass is 16.5. The summed E-state index contributed by atoms with van der Waals surface area (Å²) >= 11 is 0. The average Bonchev–Trinajstić information content (AvgIpc) is 3.13. The molecule has 176 valence electrons. The van der Waals surface area contributed by atoms with Gasteiger partial charge in [0, 0.05) is 12.5 Å². The number of carboxylic acid groups (broad SMARTS) is 1. The van der Waals surface area contributed by atoms with E-state index in [9.17, 15) is 24.6 Å². The van der Waals surface area contributed by atoms with Crippen molar-refractivity contribution in [1.82, 2.24) is 10.6 Å². The van der Waals surface area contributed by atoms with Gasteiger partial charge in [-0.3, -0.25) is 4.79 Å². The number of hydrogen-bond donors (Lipinski definition) is 4. The number of carbonyl (C=O) groups excluding carboxylic acids is 2. The summed E-state index contributed by atoms with van der Waals surface area (Å²) in [6, 6.07) is 16.0. The van der Waals surface area contributed by atoms with Gasteiger partial charge in [-0.15, -0.1) is 0 Å². The van der Waals surface area contributed by atoms with E-state index in [1.807, 2.05) is 48.5 Å². The fourth-order valence-electron chi connectivity index (χ4n) is 4.24. The van der Waals surface area contributed by atoms with Gasteiger partial charge in [-0.25, -0.2) is 9.59 Å². The average molecular weight is 455 g/mol. The molecule has 1 aliphatic carbocycles. The van der Waals surface area contributed by atoms with E-state index in [1.54, 1.807) is 13.8 Å².